The standard InChI is InChI=1S/C19H22O6/c1-23-15-9-10-17(25-3)19(22)14(15)11-13(20)8-7-12-5-4-6-16(24-2)18(12)21/h4-6,9-10,21-22H,7-8,11H2,1-3H3. The van der Waals surface area contributed by atoms with Crippen LogP contribution in [0.4, 0.5) is 0 Å². The topological polar surface area (TPSA) is 85.2 Å². The lowest BCUT2D eigenvalue weighted by Gasteiger charge is -2.13. The van der Waals surface area contributed by atoms with Gasteiger partial charge in [-0.2, -0.15) is 0 Å². The largest absolute Gasteiger partial charge is 0.504 e. The fraction of sp³-hybridized carbons (Fsp3) is 0.316. The second kappa shape index (κ2) is 8.28. The molecule has 0 fully saturated rings. The highest BCUT2D eigenvalue weighted by atomic mass is 16.5. The molecular formula is C19H22O6. The Morgan fingerprint density at radius 1 is 0.880 bits per heavy atom. The number of rotatable bonds is 8. The second-order valence-electron chi connectivity index (χ2n) is 5.48. The molecule has 2 N–H and O–H groups in total. The molecule has 0 atom stereocenters. The summed E-state index contributed by atoms with van der Waals surface area (Å²) in [6, 6.07) is 8.38. The number of carbonyl (C=O) groups is 1. The van der Waals surface area contributed by atoms with Crippen LogP contribution < -0.4 is 14.2 Å². The highest BCUT2D eigenvalue weighted by Crippen LogP contribution is 2.37. The minimum atomic E-state index is -0.0978. The predicted octanol–water partition coefficient (Wildman–Crippen LogP) is 2.87. The molecule has 0 aromatic heterocycles. The number of ketones is 1. The minimum absolute atomic E-state index is 0.0109. The summed E-state index contributed by atoms with van der Waals surface area (Å²) < 4.78 is 15.3. The Labute approximate surface area is 146 Å². The smallest absolute Gasteiger partial charge is 0.165 e. The summed E-state index contributed by atoms with van der Waals surface area (Å²) in [5, 5.41) is 20.3. The van der Waals surface area contributed by atoms with E-state index < -0.39 is 0 Å². The molecule has 2 aromatic carbocycles. The Bertz CT molecular complexity index is 754. The first-order valence-electron chi connectivity index (χ1n) is 7.81. The van der Waals surface area contributed by atoms with Crippen molar-refractivity contribution in [1.29, 1.82) is 0 Å². The first-order chi connectivity index (χ1) is 12.0. The van der Waals surface area contributed by atoms with Crippen LogP contribution >= 0.6 is 0 Å². The number of hydrogen-bond donors (Lipinski definition) is 2. The first-order valence-corrected chi connectivity index (χ1v) is 7.81. The number of Topliss-reactive ketones (excluding diaryl/α,β-unsaturated/α-hetero) is 1. The first kappa shape index (κ1) is 18.4. The average Bonchev–Trinajstić information content (AvgIpc) is 2.62. The predicted molar refractivity (Wildman–Crippen MR) is 92.9 cm³/mol. The summed E-state index contributed by atoms with van der Waals surface area (Å²) in [5.41, 5.74) is 1.02. The molecule has 0 aliphatic carbocycles. The molecule has 0 saturated carbocycles. The van der Waals surface area contributed by atoms with Gasteiger partial charge < -0.3 is 24.4 Å². The molecule has 6 heteroatoms. The molecule has 0 amide bonds. The van der Waals surface area contributed by atoms with Crippen LogP contribution in [0.1, 0.15) is 17.5 Å². The monoisotopic (exact) mass is 346 g/mol. The van der Waals surface area contributed by atoms with Gasteiger partial charge in [0.15, 0.2) is 23.0 Å². The number of benzene rings is 2. The highest BCUT2D eigenvalue weighted by Gasteiger charge is 2.18. The maximum Gasteiger partial charge on any atom is 0.165 e. The molecular weight excluding hydrogens is 324 g/mol. The van der Waals surface area contributed by atoms with Crippen molar-refractivity contribution in [2.45, 2.75) is 19.3 Å². The number of aromatic hydroxyl groups is 2. The molecule has 0 heterocycles. The number of para-hydroxylation sites is 1. The van der Waals surface area contributed by atoms with Crippen molar-refractivity contribution >= 4 is 5.78 Å². The van der Waals surface area contributed by atoms with Gasteiger partial charge in [-0.3, -0.25) is 4.79 Å². The molecule has 134 valence electrons. The zero-order valence-corrected chi connectivity index (χ0v) is 14.5. The molecule has 0 aliphatic heterocycles. The molecule has 0 aliphatic rings. The van der Waals surface area contributed by atoms with Gasteiger partial charge in [-0.1, -0.05) is 12.1 Å². The molecule has 0 bridgehead atoms. The van der Waals surface area contributed by atoms with Crippen molar-refractivity contribution in [3.05, 3.63) is 41.5 Å². The van der Waals surface area contributed by atoms with Gasteiger partial charge in [0.1, 0.15) is 11.5 Å². The summed E-state index contributed by atoms with van der Waals surface area (Å²) in [6.45, 7) is 0. The maximum atomic E-state index is 12.4. The van der Waals surface area contributed by atoms with Gasteiger partial charge in [-0.15, -0.1) is 0 Å². The van der Waals surface area contributed by atoms with Crippen molar-refractivity contribution in [1.82, 2.24) is 0 Å². The number of hydrogen-bond acceptors (Lipinski definition) is 6. The van der Waals surface area contributed by atoms with Crippen LogP contribution in [-0.2, 0) is 17.6 Å². The van der Waals surface area contributed by atoms with E-state index in [1.807, 2.05) is 0 Å². The van der Waals surface area contributed by atoms with Crippen LogP contribution in [0.25, 0.3) is 0 Å². The van der Waals surface area contributed by atoms with E-state index in [9.17, 15) is 15.0 Å². The van der Waals surface area contributed by atoms with E-state index >= 15 is 0 Å². The van der Waals surface area contributed by atoms with E-state index in [1.165, 1.54) is 21.3 Å². The molecule has 0 radical (unpaired) electrons. The zero-order valence-electron chi connectivity index (χ0n) is 14.5. The number of phenols is 2. The Kier molecular flexibility index (Phi) is 6.11. The van der Waals surface area contributed by atoms with Crippen molar-refractivity contribution in [3.8, 4) is 28.7 Å². The number of phenolic OH excluding ortho intramolecular Hbond substituents is 2. The normalized spacial score (nSPS) is 10.4. The van der Waals surface area contributed by atoms with E-state index in [-0.39, 0.29) is 35.9 Å². The Balaban J connectivity index is 2.11. The molecule has 0 saturated heterocycles. The Morgan fingerprint density at radius 2 is 1.48 bits per heavy atom. The number of methoxy groups -OCH3 is 3. The summed E-state index contributed by atoms with van der Waals surface area (Å²) in [5.74, 6) is 0.935. The third-order valence-corrected chi connectivity index (χ3v) is 3.99. The van der Waals surface area contributed by atoms with E-state index in [0.29, 0.717) is 29.0 Å². The van der Waals surface area contributed by atoms with Crippen LogP contribution in [-0.4, -0.2) is 37.3 Å². The van der Waals surface area contributed by atoms with Crippen LogP contribution in [0, 0.1) is 0 Å². The van der Waals surface area contributed by atoms with Crippen molar-refractivity contribution in [2.24, 2.45) is 0 Å². The SMILES string of the molecule is COc1cccc(CCC(=O)Cc2c(OC)ccc(OC)c2O)c1O. The second-order valence-corrected chi connectivity index (χ2v) is 5.48. The average molecular weight is 346 g/mol. The lowest BCUT2D eigenvalue weighted by atomic mass is 10.00. The van der Waals surface area contributed by atoms with E-state index in [0.717, 1.165) is 0 Å². The minimum Gasteiger partial charge on any atom is -0.504 e. The molecule has 0 spiro atoms. The molecule has 2 aromatic rings. The van der Waals surface area contributed by atoms with Crippen LogP contribution in [0.15, 0.2) is 30.3 Å². The van der Waals surface area contributed by atoms with Gasteiger partial charge in [-0.25, -0.2) is 0 Å². The number of ether oxygens (including phenoxy) is 3. The van der Waals surface area contributed by atoms with Crippen LogP contribution in [0.2, 0.25) is 0 Å². The molecule has 0 unspecified atom stereocenters. The maximum absolute atomic E-state index is 12.4. The summed E-state index contributed by atoms with van der Waals surface area (Å²) in [7, 11) is 4.39. The lowest BCUT2D eigenvalue weighted by molar-refractivity contribution is -0.118. The third kappa shape index (κ3) is 4.15. The number of carbonyl (C=O) groups excluding carboxylic acids is 1. The molecule has 25 heavy (non-hydrogen) atoms. The lowest BCUT2D eigenvalue weighted by Crippen LogP contribution is -2.07. The van der Waals surface area contributed by atoms with Gasteiger partial charge in [0, 0.05) is 18.4 Å². The zero-order chi connectivity index (χ0) is 18.4. The molecule has 2 rings (SSSR count). The quantitative estimate of drug-likeness (QED) is 0.764. The van der Waals surface area contributed by atoms with Crippen molar-refractivity contribution in [3.63, 3.8) is 0 Å². The van der Waals surface area contributed by atoms with Crippen molar-refractivity contribution < 1.29 is 29.2 Å². The fourth-order valence-corrected chi connectivity index (χ4v) is 2.62. The molecule has 6 nitrogen and oxygen atoms in total. The van der Waals surface area contributed by atoms with Crippen LogP contribution in [0.3, 0.4) is 0 Å². The summed E-state index contributed by atoms with van der Waals surface area (Å²) in [4.78, 5) is 12.4. The number of aryl methyl sites for hydroxylation is 1. The van der Waals surface area contributed by atoms with Gasteiger partial charge in [0.25, 0.3) is 0 Å². The van der Waals surface area contributed by atoms with E-state index in [4.69, 9.17) is 14.2 Å². The highest BCUT2D eigenvalue weighted by molar-refractivity contribution is 5.83. The van der Waals surface area contributed by atoms with Crippen molar-refractivity contribution in [2.75, 3.05) is 21.3 Å². The Morgan fingerprint density at radius 3 is 2.12 bits per heavy atom. The fourth-order valence-electron chi connectivity index (χ4n) is 2.62. The summed E-state index contributed by atoms with van der Waals surface area (Å²) in [6.07, 6.45) is 0.590. The van der Waals surface area contributed by atoms with Gasteiger partial charge in [0.05, 0.1) is 21.3 Å². The van der Waals surface area contributed by atoms with E-state index in [1.54, 1.807) is 30.3 Å². The van der Waals surface area contributed by atoms with Crippen LogP contribution in [0.5, 0.6) is 28.7 Å². The Hall–Kier alpha value is -2.89. The van der Waals surface area contributed by atoms with Gasteiger partial charge in [0.2, 0.25) is 0 Å². The van der Waals surface area contributed by atoms with Gasteiger partial charge >= 0.3 is 0 Å². The van der Waals surface area contributed by atoms with E-state index in [2.05, 4.69) is 0 Å². The van der Waals surface area contributed by atoms with Gasteiger partial charge in [-0.05, 0) is 30.2 Å². The third-order valence-electron chi connectivity index (χ3n) is 3.99. The summed E-state index contributed by atoms with van der Waals surface area (Å²) >= 11 is 0.